The Hall–Kier alpha value is -1.10. The molecule has 0 radical (unpaired) electrons. The summed E-state index contributed by atoms with van der Waals surface area (Å²) in [7, 11) is 0. The zero-order chi connectivity index (χ0) is 12.7. The van der Waals surface area contributed by atoms with Crippen molar-refractivity contribution in [3.63, 3.8) is 0 Å². The van der Waals surface area contributed by atoms with Crippen LogP contribution in [0, 0.1) is 5.92 Å². The number of carbonyl (C=O) groups excluding carboxylic acids is 2. The Morgan fingerprint density at radius 3 is 2.65 bits per heavy atom. The molecule has 5 heteroatoms. The van der Waals surface area contributed by atoms with Gasteiger partial charge in [0.2, 0.25) is 11.8 Å². The van der Waals surface area contributed by atoms with E-state index in [-0.39, 0.29) is 17.7 Å². The van der Waals surface area contributed by atoms with Crippen LogP contribution in [-0.4, -0.2) is 30.9 Å². The first-order valence-corrected chi connectivity index (χ1v) is 6.38. The van der Waals surface area contributed by atoms with E-state index in [0.717, 1.165) is 12.8 Å². The molecule has 0 heterocycles. The summed E-state index contributed by atoms with van der Waals surface area (Å²) in [6, 6.07) is 0.419. The van der Waals surface area contributed by atoms with Gasteiger partial charge in [0, 0.05) is 25.4 Å². The Bertz CT molecular complexity index is 264. The first-order valence-electron chi connectivity index (χ1n) is 6.38. The normalized spacial score (nSPS) is 16.4. The SMILES string of the molecule is CC(CN)CC(=O)NCCCC(=O)NC1CC1. The molecule has 0 bridgehead atoms. The van der Waals surface area contributed by atoms with E-state index in [0.29, 0.717) is 38.4 Å². The molecule has 1 unspecified atom stereocenters. The van der Waals surface area contributed by atoms with Gasteiger partial charge in [-0.1, -0.05) is 6.92 Å². The molecule has 2 amide bonds. The van der Waals surface area contributed by atoms with Crippen molar-refractivity contribution in [1.29, 1.82) is 0 Å². The monoisotopic (exact) mass is 241 g/mol. The van der Waals surface area contributed by atoms with Crippen LogP contribution in [0.5, 0.6) is 0 Å². The minimum atomic E-state index is 0.0190. The summed E-state index contributed by atoms with van der Waals surface area (Å²) in [6.07, 6.45) is 3.87. The summed E-state index contributed by atoms with van der Waals surface area (Å²) in [6.45, 7) is 3.04. The maximum Gasteiger partial charge on any atom is 0.220 e. The summed E-state index contributed by atoms with van der Waals surface area (Å²) in [5.74, 6) is 0.329. The molecule has 0 spiro atoms. The second-order valence-electron chi connectivity index (χ2n) is 4.84. The fourth-order valence-corrected chi connectivity index (χ4v) is 1.48. The van der Waals surface area contributed by atoms with Gasteiger partial charge in [0.1, 0.15) is 0 Å². The average Bonchev–Trinajstić information content (AvgIpc) is 3.08. The van der Waals surface area contributed by atoms with E-state index in [2.05, 4.69) is 10.6 Å². The third-order valence-electron chi connectivity index (χ3n) is 2.78. The van der Waals surface area contributed by atoms with Crippen LogP contribution in [0.1, 0.15) is 39.0 Å². The summed E-state index contributed by atoms with van der Waals surface area (Å²) in [5, 5.41) is 5.71. The summed E-state index contributed by atoms with van der Waals surface area (Å²) in [5.41, 5.74) is 5.43. The standard InChI is InChI=1S/C12H23N3O2/c1-9(8-13)7-12(17)14-6-2-3-11(16)15-10-4-5-10/h9-10H,2-8,13H2,1H3,(H,14,17)(H,15,16). The van der Waals surface area contributed by atoms with Crippen LogP contribution in [-0.2, 0) is 9.59 Å². The van der Waals surface area contributed by atoms with E-state index in [1.165, 1.54) is 0 Å². The molecular weight excluding hydrogens is 218 g/mol. The predicted octanol–water partition coefficient (Wildman–Crippen LogP) is 0.146. The lowest BCUT2D eigenvalue weighted by atomic mass is 10.1. The molecule has 1 aliphatic carbocycles. The number of rotatable bonds is 8. The van der Waals surface area contributed by atoms with Gasteiger partial charge in [0.15, 0.2) is 0 Å². The van der Waals surface area contributed by atoms with Crippen molar-refractivity contribution in [3.05, 3.63) is 0 Å². The average molecular weight is 241 g/mol. The van der Waals surface area contributed by atoms with Gasteiger partial charge in [0.05, 0.1) is 0 Å². The minimum absolute atomic E-state index is 0.0190. The Balaban J connectivity index is 1.95. The highest BCUT2D eigenvalue weighted by Crippen LogP contribution is 2.18. The Morgan fingerprint density at radius 2 is 2.06 bits per heavy atom. The first kappa shape index (κ1) is 14.0. The van der Waals surface area contributed by atoms with Crippen molar-refractivity contribution >= 4 is 11.8 Å². The quantitative estimate of drug-likeness (QED) is 0.529. The van der Waals surface area contributed by atoms with Crippen molar-refractivity contribution in [2.24, 2.45) is 11.7 Å². The summed E-state index contributed by atoms with van der Waals surface area (Å²) < 4.78 is 0. The van der Waals surface area contributed by atoms with Crippen LogP contribution in [0.25, 0.3) is 0 Å². The van der Waals surface area contributed by atoms with E-state index in [4.69, 9.17) is 5.73 Å². The first-order chi connectivity index (χ1) is 8.11. The van der Waals surface area contributed by atoms with Gasteiger partial charge in [-0.15, -0.1) is 0 Å². The molecule has 0 aromatic rings. The zero-order valence-corrected chi connectivity index (χ0v) is 10.5. The van der Waals surface area contributed by atoms with Gasteiger partial charge in [-0.25, -0.2) is 0 Å². The zero-order valence-electron chi connectivity index (χ0n) is 10.5. The highest BCUT2D eigenvalue weighted by molar-refractivity contribution is 5.77. The molecule has 0 aliphatic heterocycles. The van der Waals surface area contributed by atoms with Crippen LogP contribution < -0.4 is 16.4 Å². The van der Waals surface area contributed by atoms with Crippen LogP contribution in [0.15, 0.2) is 0 Å². The van der Waals surface area contributed by atoms with E-state index in [1.54, 1.807) is 0 Å². The van der Waals surface area contributed by atoms with Gasteiger partial charge >= 0.3 is 0 Å². The van der Waals surface area contributed by atoms with E-state index in [9.17, 15) is 9.59 Å². The lowest BCUT2D eigenvalue weighted by Gasteiger charge is -2.09. The van der Waals surface area contributed by atoms with Crippen molar-refractivity contribution in [2.75, 3.05) is 13.1 Å². The molecule has 0 aromatic heterocycles. The van der Waals surface area contributed by atoms with E-state index in [1.807, 2.05) is 6.92 Å². The number of nitrogens with one attached hydrogen (secondary N) is 2. The number of nitrogens with two attached hydrogens (primary N) is 1. The van der Waals surface area contributed by atoms with Crippen LogP contribution in [0.3, 0.4) is 0 Å². The molecule has 1 atom stereocenters. The fourth-order valence-electron chi connectivity index (χ4n) is 1.48. The van der Waals surface area contributed by atoms with Crippen LogP contribution in [0.2, 0.25) is 0 Å². The van der Waals surface area contributed by atoms with Gasteiger partial charge in [-0.3, -0.25) is 9.59 Å². The van der Waals surface area contributed by atoms with Gasteiger partial charge < -0.3 is 16.4 Å². The van der Waals surface area contributed by atoms with E-state index >= 15 is 0 Å². The molecular formula is C12H23N3O2. The Kier molecular flexibility index (Phi) is 5.97. The topological polar surface area (TPSA) is 84.2 Å². The van der Waals surface area contributed by atoms with Crippen LogP contribution >= 0.6 is 0 Å². The lowest BCUT2D eigenvalue weighted by Crippen LogP contribution is -2.30. The Labute approximate surface area is 103 Å². The van der Waals surface area contributed by atoms with Crippen molar-refractivity contribution in [3.8, 4) is 0 Å². The van der Waals surface area contributed by atoms with Crippen molar-refractivity contribution in [2.45, 2.75) is 45.1 Å². The smallest absolute Gasteiger partial charge is 0.220 e. The molecule has 17 heavy (non-hydrogen) atoms. The maximum atomic E-state index is 11.4. The van der Waals surface area contributed by atoms with Crippen molar-refractivity contribution in [1.82, 2.24) is 10.6 Å². The summed E-state index contributed by atoms with van der Waals surface area (Å²) in [4.78, 5) is 22.7. The predicted molar refractivity (Wildman–Crippen MR) is 66.2 cm³/mol. The molecule has 1 rings (SSSR count). The molecule has 1 aliphatic rings. The molecule has 98 valence electrons. The molecule has 4 N–H and O–H groups in total. The number of hydrogen-bond donors (Lipinski definition) is 3. The second-order valence-corrected chi connectivity index (χ2v) is 4.84. The van der Waals surface area contributed by atoms with Crippen LogP contribution in [0.4, 0.5) is 0 Å². The highest BCUT2D eigenvalue weighted by atomic mass is 16.2. The Morgan fingerprint density at radius 1 is 1.35 bits per heavy atom. The molecule has 0 saturated heterocycles. The number of hydrogen-bond acceptors (Lipinski definition) is 3. The molecule has 5 nitrogen and oxygen atoms in total. The fraction of sp³-hybridized carbons (Fsp3) is 0.833. The van der Waals surface area contributed by atoms with Gasteiger partial charge in [0.25, 0.3) is 0 Å². The maximum absolute atomic E-state index is 11.4. The number of amides is 2. The van der Waals surface area contributed by atoms with E-state index < -0.39 is 0 Å². The van der Waals surface area contributed by atoms with Crippen molar-refractivity contribution < 1.29 is 9.59 Å². The minimum Gasteiger partial charge on any atom is -0.356 e. The second kappa shape index (κ2) is 7.27. The number of carbonyl (C=O) groups is 2. The summed E-state index contributed by atoms with van der Waals surface area (Å²) >= 11 is 0. The highest BCUT2D eigenvalue weighted by Gasteiger charge is 2.22. The molecule has 1 saturated carbocycles. The lowest BCUT2D eigenvalue weighted by molar-refractivity contribution is -0.123. The largest absolute Gasteiger partial charge is 0.356 e. The third-order valence-corrected chi connectivity index (χ3v) is 2.78. The van der Waals surface area contributed by atoms with Gasteiger partial charge in [-0.2, -0.15) is 0 Å². The third kappa shape index (κ3) is 6.94. The molecule has 0 aromatic carbocycles. The van der Waals surface area contributed by atoms with Gasteiger partial charge in [-0.05, 0) is 31.7 Å². The molecule has 1 fully saturated rings.